The Bertz CT molecular complexity index is 557. The maximum atomic E-state index is 6.18. The first kappa shape index (κ1) is 16.9. The Morgan fingerprint density at radius 2 is 1.33 bits per heavy atom. The van der Waals surface area contributed by atoms with Crippen LogP contribution in [-0.2, 0) is 12.2 Å². The highest BCUT2D eigenvalue weighted by atomic mass is 32.7. The Balaban J connectivity index is 2.38. The number of nitrogens with zero attached hydrogens (tertiary/aromatic N) is 1. The molecule has 0 spiro atoms. The first-order valence-corrected chi connectivity index (χ1v) is 14.5. The summed E-state index contributed by atoms with van der Waals surface area (Å²) in [6.45, 7) is 5.06. The van der Waals surface area contributed by atoms with Crippen molar-refractivity contribution in [3.05, 3.63) is 60.7 Å². The van der Waals surface area contributed by atoms with Crippen LogP contribution in [0.5, 0.6) is 0 Å². The quantitative estimate of drug-likeness (QED) is 0.418. The maximum Gasteiger partial charge on any atom is 0.178 e. The number of hydrogen-bond donors (Lipinski definition) is 0. The average molecular weight is 349 g/mol. The Morgan fingerprint density at radius 1 is 0.905 bits per heavy atom. The molecule has 0 saturated heterocycles. The molecule has 0 bridgehead atoms. The SMILES string of the molecule is C[Si](C)(C)N=PC[P+]([S-])(c1ccccc1)c1ccccc1. The van der Waals surface area contributed by atoms with Crippen LogP contribution in [0.25, 0.3) is 0 Å². The molecule has 0 radical (unpaired) electrons. The van der Waals surface area contributed by atoms with Crippen LogP contribution >= 0.6 is 14.8 Å². The van der Waals surface area contributed by atoms with E-state index in [1.807, 2.05) is 0 Å². The van der Waals surface area contributed by atoms with Gasteiger partial charge in [0.25, 0.3) is 0 Å². The van der Waals surface area contributed by atoms with E-state index in [0.29, 0.717) is 0 Å². The van der Waals surface area contributed by atoms with Crippen LogP contribution in [-0.4, -0.2) is 14.1 Å². The van der Waals surface area contributed by atoms with Crippen molar-refractivity contribution in [3.63, 3.8) is 0 Å². The van der Waals surface area contributed by atoms with E-state index >= 15 is 0 Å². The van der Waals surface area contributed by atoms with E-state index in [4.69, 9.17) is 16.7 Å². The Kier molecular flexibility index (Phi) is 5.79. The summed E-state index contributed by atoms with van der Waals surface area (Å²) < 4.78 is 4.86. The van der Waals surface area contributed by atoms with Gasteiger partial charge in [-0.2, -0.15) is 0 Å². The molecule has 21 heavy (non-hydrogen) atoms. The van der Waals surface area contributed by atoms with Crippen molar-refractivity contribution in [2.24, 2.45) is 4.41 Å². The fourth-order valence-electron chi connectivity index (χ4n) is 1.98. The molecule has 0 aliphatic heterocycles. The van der Waals surface area contributed by atoms with E-state index < -0.39 is 14.7 Å². The van der Waals surface area contributed by atoms with Crippen molar-refractivity contribution in [3.8, 4) is 0 Å². The van der Waals surface area contributed by atoms with Crippen molar-refractivity contribution < 1.29 is 0 Å². The summed E-state index contributed by atoms with van der Waals surface area (Å²) in [6.07, 6.45) is 0. The topological polar surface area (TPSA) is 12.4 Å². The average Bonchev–Trinajstić information content (AvgIpc) is 2.47. The summed E-state index contributed by atoms with van der Waals surface area (Å²) in [4.78, 5) is 0. The smallest absolute Gasteiger partial charge is 0.178 e. The Hall–Kier alpha value is -0.463. The van der Waals surface area contributed by atoms with Gasteiger partial charge in [0.1, 0.15) is 5.90 Å². The van der Waals surface area contributed by atoms with Gasteiger partial charge in [0, 0.05) is 8.37 Å². The van der Waals surface area contributed by atoms with Gasteiger partial charge in [-0.3, -0.25) is 0 Å². The molecule has 0 aliphatic carbocycles. The molecule has 2 aromatic carbocycles. The predicted molar refractivity (Wildman–Crippen MR) is 104 cm³/mol. The Labute approximate surface area is 136 Å². The zero-order valence-electron chi connectivity index (χ0n) is 12.7. The second-order valence-electron chi connectivity index (χ2n) is 5.96. The van der Waals surface area contributed by atoms with E-state index in [1.54, 1.807) is 0 Å². The van der Waals surface area contributed by atoms with Gasteiger partial charge in [0.15, 0.2) is 8.24 Å². The number of hydrogen-bond acceptors (Lipinski definition) is 2. The fourth-order valence-corrected chi connectivity index (χ4v) is 9.32. The summed E-state index contributed by atoms with van der Waals surface area (Å²) >= 11 is 6.18. The standard InChI is InChI=1S/C16H21NP2SSi/c1-21(2,3)17-18-14-19(20,15-10-6-4-7-11-15)16-12-8-5-9-13-16/h4-13H,14H2,1-3H3. The number of benzene rings is 2. The zero-order chi connectivity index (χ0) is 15.3. The highest BCUT2D eigenvalue weighted by molar-refractivity contribution is 8.49. The third-order valence-electron chi connectivity index (χ3n) is 2.98. The van der Waals surface area contributed by atoms with Gasteiger partial charge in [0.2, 0.25) is 0 Å². The van der Waals surface area contributed by atoms with Gasteiger partial charge < -0.3 is 16.7 Å². The minimum atomic E-state index is -1.76. The van der Waals surface area contributed by atoms with Crippen LogP contribution < -0.4 is 10.6 Å². The third-order valence-corrected chi connectivity index (χ3v) is 12.6. The molecule has 0 N–H and O–H groups in total. The molecule has 0 aliphatic rings. The van der Waals surface area contributed by atoms with Gasteiger partial charge in [-0.15, -0.1) is 0 Å². The van der Waals surface area contributed by atoms with Crippen molar-refractivity contribution in [1.82, 2.24) is 0 Å². The molecule has 0 saturated carbocycles. The molecule has 5 heteroatoms. The molecule has 0 atom stereocenters. The van der Waals surface area contributed by atoms with Gasteiger partial charge in [-0.25, -0.2) is 0 Å². The molecule has 0 unspecified atom stereocenters. The van der Waals surface area contributed by atoms with Gasteiger partial charge in [-0.1, -0.05) is 36.4 Å². The summed E-state index contributed by atoms with van der Waals surface area (Å²) in [5, 5.41) is 2.59. The fraction of sp³-hybridized carbons (Fsp3) is 0.250. The maximum absolute atomic E-state index is 6.18. The molecule has 2 rings (SSSR count). The van der Waals surface area contributed by atoms with E-state index in [0.717, 1.165) is 14.3 Å². The van der Waals surface area contributed by atoms with Crippen LogP contribution in [0.3, 0.4) is 0 Å². The molecule has 0 fully saturated rings. The monoisotopic (exact) mass is 349 g/mol. The lowest BCUT2D eigenvalue weighted by atomic mass is 10.4. The van der Waals surface area contributed by atoms with E-state index in [-0.39, 0.29) is 0 Å². The first-order chi connectivity index (χ1) is 9.92. The van der Waals surface area contributed by atoms with Crippen molar-refractivity contribution in [1.29, 1.82) is 0 Å². The molecule has 1 nitrogen and oxygen atoms in total. The van der Waals surface area contributed by atoms with Crippen LogP contribution in [0.2, 0.25) is 19.6 Å². The lowest BCUT2D eigenvalue weighted by Crippen LogP contribution is -2.21. The van der Waals surface area contributed by atoms with Crippen LogP contribution in [0, 0.1) is 0 Å². The minimum Gasteiger partial charge on any atom is -0.545 e. The summed E-state index contributed by atoms with van der Waals surface area (Å²) in [5.74, 6) is 0.959. The van der Waals surface area contributed by atoms with E-state index in [2.05, 4.69) is 80.3 Å². The molecular weight excluding hydrogens is 328 g/mol. The summed E-state index contributed by atoms with van der Waals surface area (Å²) in [5.41, 5.74) is 0. The molecule has 0 heterocycles. The van der Waals surface area contributed by atoms with Gasteiger partial charge in [0.05, 0.1) is 10.6 Å². The van der Waals surface area contributed by atoms with E-state index in [9.17, 15) is 0 Å². The third kappa shape index (κ3) is 4.76. The molecular formula is C16H21NP2SSi. The summed E-state index contributed by atoms with van der Waals surface area (Å²) in [6, 6.07) is 21.2. The zero-order valence-corrected chi connectivity index (χ0v) is 16.3. The van der Waals surface area contributed by atoms with Crippen molar-refractivity contribution in [2.45, 2.75) is 19.6 Å². The Morgan fingerprint density at radius 3 is 1.71 bits per heavy atom. The largest absolute Gasteiger partial charge is 0.545 e. The molecule has 110 valence electrons. The lowest BCUT2D eigenvalue weighted by Gasteiger charge is -2.31. The highest BCUT2D eigenvalue weighted by Crippen LogP contribution is 2.56. The summed E-state index contributed by atoms with van der Waals surface area (Å²) in [7, 11) is -0.221. The normalized spacial score (nSPS) is 12.8. The van der Waals surface area contributed by atoms with Crippen LogP contribution in [0.1, 0.15) is 0 Å². The lowest BCUT2D eigenvalue weighted by molar-refractivity contribution is 1.60. The first-order valence-electron chi connectivity index (χ1n) is 7.01. The molecule has 0 amide bonds. The second-order valence-corrected chi connectivity index (χ2v) is 16.9. The highest BCUT2D eigenvalue weighted by Gasteiger charge is 2.28. The van der Waals surface area contributed by atoms with E-state index in [1.165, 1.54) is 10.6 Å². The second kappa shape index (κ2) is 7.20. The van der Waals surface area contributed by atoms with Crippen LogP contribution in [0.15, 0.2) is 65.1 Å². The number of rotatable bonds is 5. The van der Waals surface area contributed by atoms with Gasteiger partial charge >= 0.3 is 0 Å². The van der Waals surface area contributed by atoms with Gasteiger partial charge in [-0.05, 0) is 50.4 Å². The van der Waals surface area contributed by atoms with Crippen LogP contribution in [0.4, 0.5) is 0 Å². The van der Waals surface area contributed by atoms with Crippen molar-refractivity contribution in [2.75, 3.05) is 5.90 Å². The predicted octanol–water partition coefficient (Wildman–Crippen LogP) is 5.04. The molecule has 0 aromatic heterocycles. The van der Waals surface area contributed by atoms with Crippen molar-refractivity contribution >= 4 is 45.9 Å². The minimum absolute atomic E-state index is 0.959. The molecule has 2 aromatic rings.